The lowest BCUT2D eigenvalue weighted by molar-refractivity contribution is -0.914. The lowest BCUT2D eigenvalue weighted by Crippen LogP contribution is -3.13. The number of benzene rings is 1. The van der Waals surface area contributed by atoms with Gasteiger partial charge in [-0.1, -0.05) is 41.9 Å². The van der Waals surface area contributed by atoms with Crippen molar-refractivity contribution in [2.45, 2.75) is 6.54 Å². The fourth-order valence-corrected chi connectivity index (χ4v) is 3.14. The van der Waals surface area contributed by atoms with E-state index in [0.29, 0.717) is 0 Å². The summed E-state index contributed by atoms with van der Waals surface area (Å²) in [5.74, 6) is 0. The summed E-state index contributed by atoms with van der Waals surface area (Å²) < 4.78 is 1.27. The first-order chi connectivity index (χ1) is 10.6. The molecule has 0 unspecified atom stereocenters. The van der Waals surface area contributed by atoms with E-state index in [4.69, 9.17) is 11.6 Å². The molecule has 5 nitrogen and oxygen atoms in total. The number of piperazine rings is 1. The van der Waals surface area contributed by atoms with E-state index in [1.54, 1.807) is 18.1 Å². The van der Waals surface area contributed by atoms with Crippen LogP contribution in [-0.4, -0.2) is 36.0 Å². The molecule has 0 amide bonds. The Kier molecular flexibility index (Phi) is 4.45. The minimum absolute atomic E-state index is 0.238. The highest BCUT2D eigenvalue weighted by atomic mass is 35.5. The summed E-state index contributed by atoms with van der Waals surface area (Å²) in [6, 6.07) is 10.5. The Bertz CT molecular complexity index is 693. The summed E-state index contributed by atoms with van der Waals surface area (Å²) in [6.45, 7) is 4.87. The number of hydrogen-bond donors (Lipinski definition) is 1. The molecule has 1 aromatic heterocycles. The van der Waals surface area contributed by atoms with Gasteiger partial charge in [0.15, 0.2) is 0 Å². The second-order valence-electron chi connectivity index (χ2n) is 5.67. The Morgan fingerprint density at radius 1 is 1.23 bits per heavy atom. The minimum Gasteiger partial charge on any atom is -0.358 e. The second kappa shape index (κ2) is 6.50. The number of nitrogens with zero attached hydrogens (tertiary/aromatic N) is 3. The van der Waals surface area contributed by atoms with Crippen molar-refractivity contribution in [1.29, 1.82) is 0 Å². The molecule has 0 aliphatic carbocycles. The van der Waals surface area contributed by atoms with Crippen molar-refractivity contribution < 1.29 is 4.90 Å². The molecule has 2 heterocycles. The first kappa shape index (κ1) is 15.1. The summed E-state index contributed by atoms with van der Waals surface area (Å²) >= 11 is 6.18. The monoisotopic (exact) mass is 319 g/mol. The summed E-state index contributed by atoms with van der Waals surface area (Å²) in [6.07, 6.45) is 1.69. The molecule has 1 aliphatic rings. The minimum atomic E-state index is -0.238. The number of aromatic nitrogens is 2. The van der Waals surface area contributed by atoms with E-state index in [-0.39, 0.29) is 10.6 Å². The molecular weight excluding hydrogens is 300 g/mol. The van der Waals surface area contributed by atoms with Gasteiger partial charge in [-0.05, 0) is 0 Å². The molecular formula is C16H20ClN4O+. The number of aryl methyl sites for hydroxylation is 1. The Labute approximate surface area is 134 Å². The van der Waals surface area contributed by atoms with Gasteiger partial charge in [-0.3, -0.25) is 4.79 Å². The van der Waals surface area contributed by atoms with Gasteiger partial charge in [-0.15, -0.1) is 0 Å². The third-order valence-corrected chi connectivity index (χ3v) is 4.52. The van der Waals surface area contributed by atoms with Crippen molar-refractivity contribution in [3.63, 3.8) is 0 Å². The van der Waals surface area contributed by atoms with Gasteiger partial charge in [-0.2, -0.15) is 5.10 Å². The molecule has 1 aliphatic heterocycles. The standard InChI is InChI=1S/C16H19ClN4O/c1-19-16(22)15(17)14(11-18-19)21-9-7-20(8-10-21)12-13-5-3-2-4-6-13/h2-6,11H,7-10,12H2,1H3/p+1. The van der Waals surface area contributed by atoms with E-state index in [1.807, 2.05) is 6.07 Å². The van der Waals surface area contributed by atoms with Gasteiger partial charge in [0.1, 0.15) is 11.6 Å². The van der Waals surface area contributed by atoms with Crippen LogP contribution in [0.4, 0.5) is 5.69 Å². The van der Waals surface area contributed by atoms with Crippen LogP contribution in [0.15, 0.2) is 41.3 Å². The van der Waals surface area contributed by atoms with Gasteiger partial charge in [0.05, 0.1) is 38.1 Å². The maximum absolute atomic E-state index is 11.9. The fraction of sp³-hybridized carbons (Fsp3) is 0.375. The lowest BCUT2D eigenvalue weighted by atomic mass is 10.2. The highest BCUT2D eigenvalue weighted by molar-refractivity contribution is 6.33. The molecule has 1 fully saturated rings. The van der Waals surface area contributed by atoms with Gasteiger partial charge < -0.3 is 9.80 Å². The lowest BCUT2D eigenvalue weighted by Gasteiger charge is -2.33. The van der Waals surface area contributed by atoms with Crippen molar-refractivity contribution in [2.24, 2.45) is 7.05 Å². The number of hydrogen-bond acceptors (Lipinski definition) is 3. The number of anilines is 1. The van der Waals surface area contributed by atoms with Crippen LogP contribution < -0.4 is 15.4 Å². The number of quaternary nitrogens is 1. The van der Waals surface area contributed by atoms with E-state index < -0.39 is 0 Å². The zero-order valence-corrected chi connectivity index (χ0v) is 13.4. The molecule has 0 saturated carbocycles. The molecule has 116 valence electrons. The highest BCUT2D eigenvalue weighted by Crippen LogP contribution is 2.20. The molecule has 1 N–H and O–H groups in total. The van der Waals surface area contributed by atoms with E-state index in [0.717, 1.165) is 38.4 Å². The van der Waals surface area contributed by atoms with E-state index in [1.165, 1.54) is 10.2 Å². The SMILES string of the molecule is Cn1ncc(N2CC[NH+](Cc3ccccc3)CC2)c(Cl)c1=O. The zero-order chi connectivity index (χ0) is 15.5. The van der Waals surface area contributed by atoms with Crippen LogP contribution in [0.3, 0.4) is 0 Å². The Morgan fingerprint density at radius 3 is 2.59 bits per heavy atom. The van der Waals surface area contributed by atoms with Crippen LogP contribution in [0, 0.1) is 0 Å². The van der Waals surface area contributed by atoms with Crippen molar-refractivity contribution in [3.05, 3.63) is 57.5 Å². The number of halogens is 1. The maximum atomic E-state index is 11.9. The number of nitrogens with one attached hydrogen (secondary N) is 1. The van der Waals surface area contributed by atoms with Crippen molar-refractivity contribution >= 4 is 17.3 Å². The van der Waals surface area contributed by atoms with Crippen molar-refractivity contribution in [2.75, 3.05) is 31.1 Å². The molecule has 6 heteroatoms. The molecule has 1 saturated heterocycles. The van der Waals surface area contributed by atoms with Crippen molar-refractivity contribution in [3.8, 4) is 0 Å². The molecule has 0 bridgehead atoms. The second-order valence-corrected chi connectivity index (χ2v) is 6.05. The highest BCUT2D eigenvalue weighted by Gasteiger charge is 2.23. The average molecular weight is 320 g/mol. The molecule has 0 radical (unpaired) electrons. The Hall–Kier alpha value is -1.85. The van der Waals surface area contributed by atoms with E-state index in [2.05, 4.69) is 34.3 Å². The largest absolute Gasteiger partial charge is 0.358 e. The third-order valence-electron chi connectivity index (χ3n) is 4.17. The third kappa shape index (κ3) is 3.15. The quantitative estimate of drug-likeness (QED) is 0.887. The predicted molar refractivity (Wildman–Crippen MR) is 87.5 cm³/mol. The first-order valence-electron chi connectivity index (χ1n) is 7.49. The van der Waals surface area contributed by atoms with E-state index >= 15 is 0 Å². The fourth-order valence-electron chi connectivity index (χ4n) is 2.85. The summed E-state index contributed by atoms with van der Waals surface area (Å²) in [4.78, 5) is 15.6. The topological polar surface area (TPSA) is 42.6 Å². The summed E-state index contributed by atoms with van der Waals surface area (Å²) in [5, 5.41) is 4.34. The Morgan fingerprint density at radius 2 is 1.91 bits per heavy atom. The van der Waals surface area contributed by atoms with Crippen LogP contribution in [0.25, 0.3) is 0 Å². The molecule has 0 spiro atoms. The van der Waals surface area contributed by atoms with Gasteiger partial charge in [0.25, 0.3) is 5.56 Å². The normalized spacial score (nSPS) is 16.0. The zero-order valence-electron chi connectivity index (χ0n) is 12.6. The first-order valence-corrected chi connectivity index (χ1v) is 7.87. The maximum Gasteiger partial charge on any atom is 0.287 e. The predicted octanol–water partition coefficient (Wildman–Crippen LogP) is 0.339. The molecule has 1 aromatic carbocycles. The van der Waals surface area contributed by atoms with Crippen molar-refractivity contribution in [1.82, 2.24) is 9.78 Å². The van der Waals surface area contributed by atoms with Crippen LogP contribution >= 0.6 is 11.6 Å². The number of rotatable bonds is 3. The molecule has 2 aromatic rings. The van der Waals surface area contributed by atoms with E-state index in [9.17, 15) is 4.79 Å². The van der Waals surface area contributed by atoms with Crippen LogP contribution in [-0.2, 0) is 13.6 Å². The molecule has 3 rings (SSSR count). The van der Waals surface area contributed by atoms with Gasteiger partial charge in [-0.25, -0.2) is 4.68 Å². The summed E-state index contributed by atoms with van der Waals surface area (Å²) in [5.41, 5.74) is 1.88. The summed E-state index contributed by atoms with van der Waals surface area (Å²) in [7, 11) is 1.61. The Balaban J connectivity index is 1.65. The van der Waals surface area contributed by atoms with Gasteiger partial charge in [0.2, 0.25) is 0 Å². The molecule has 0 atom stereocenters. The smallest absolute Gasteiger partial charge is 0.287 e. The van der Waals surface area contributed by atoms with Gasteiger partial charge in [0, 0.05) is 12.6 Å². The van der Waals surface area contributed by atoms with Crippen LogP contribution in [0.5, 0.6) is 0 Å². The van der Waals surface area contributed by atoms with Crippen LogP contribution in [0.1, 0.15) is 5.56 Å². The van der Waals surface area contributed by atoms with Gasteiger partial charge >= 0.3 is 0 Å². The van der Waals surface area contributed by atoms with Crippen LogP contribution in [0.2, 0.25) is 5.02 Å². The average Bonchev–Trinajstić information content (AvgIpc) is 2.55. The molecule has 22 heavy (non-hydrogen) atoms.